The van der Waals surface area contributed by atoms with E-state index in [0.717, 1.165) is 21.8 Å². The van der Waals surface area contributed by atoms with Crippen LogP contribution in [0, 0.1) is 0 Å². The van der Waals surface area contributed by atoms with E-state index in [1.165, 1.54) is 0 Å². The number of carbonyl (C=O) groups excluding carboxylic acids is 2. The van der Waals surface area contributed by atoms with Gasteiger partial charge in [-0.25, -0.2) is 0 Å². The van der Waals surface area contributed by atoms with E-state index >= 15 is 0 Å². The summed E-state index contributed by atoms with van der Waals surface area (Å²) >= 11 is 0. The predicted molar refractivity (Wildman–Crippen MR) is 73.7 cm³/mol. The molecule has 0 aliphatic carbocycles. The molecule has 20 heavy (non-hydrogen) atoms. The van der Waals surface area contributed by atoms with Crippen molar-refractivity contribution in [2.75, 3.05) is 7.11 Å². The molecule has 0 bridgehead atoms. The van der Waals surface area contributed by atoms with Crippen molar-refractivity contribution in [3.63, 3.8) is 0 Å². The molecule has 0 atom stereocenters. The molecule has 2 heterocycles. The first-order valence-corrected chi connectivity index (χ1v) is 6.18. The number of aromatic nitrogens is 1. The summed E-state index contributed by atoms with van der Waals surface area (Å²) in [5.74, 6) is -0.698. The van der Waals surface area contributed by atoms with Crippen molar-refractivity contribution in [1.29, 1.82) is 0 Å². The lowest BCUT2D eigenvalue weighted by molar-refractivity contribution is 0.0880. The highest BCUT2D eigenvalue weighted by Gasteiger charge is 2.31. The molecular formula is C15H10N2O3. The van der Waals surface area contributed by atoms with Crippen LogP contribution in [0.3, 0.4) is 0 Å². The molecular weight excluding hydrogens is 256 g/mol. The zero-order valence-electron chi connectivity index (χ0n) is 10.6. The van der Waals surface area contributed by atoms with E-state index in [9.17, 15) is 9.59 Å². The van der Waals surface area contributed by atoms with Gasteiger partial charge >= 0.3 is 0 Å². The Morgan fingerprint density at radius 1 is 1.00 bits per heavy atom. The van der Waals surface area contributed by atoms with Crippen molar-refractivity contribution >= 4 is 33.6 Å². The summed E-state index contributed by atoms with van der Waals surface area (Å²) in [6.07, 6.45) is 0. The molecule has 5 nitrogen and oxygen atoms in total. The Kier molecular flexibility index (Phi) is 1.99. The second-order valence-corrected chi connectivity index (χ2v) is 4.66. The molecule has 4 rings (SSSR count). The van der Waals surface area contributed by atoms with Crippen LogP contribution in [0.4, 0.5) is 0 Å². The van der Waals surface area contributed by atoms with Crippen molar-refractivity contribution in [2.45, 2.75) is 0 Å². The third-order valence-corrected chi connectivity index (χ3v) is 3.68. The van der Waals surface area contributed by atoms with Gasteiger partial charge < -0.3 is 4.84 Å². The Hall–Kier alpha value is -2.82. The van der Waals surface area contributed by atoms with Gasteiger partial charge in [-0.3, -0.25) is 14.9 Å². The van der Waals surface area contributed by atoms with Gasteiger partial charge in [-0.05, 0) is 18.2 Å². The number of para-hydroxylation sites is 1. The smallest absolute Gasteiger partial charge is 0.259 e. The number of rotatable bonds is 1. The number of hydrogen-bond acceptors (Lipinski definition) is 3. The first-order chi connectivity index (χ1) is 9.72. The lowest BCUT2D eigenvalue weighted by Gasteiger charge is -2.04. The SMILES string of the molecule is COn1c2ccccc2c2c3c(ccc21)C(=O)NC3=O. The van der Waals surface area contributed by atoms with Crippen LogP contribution >= 0.6 is 0 Å². The van der Waals surface area contributed by atoms with E-state index in [1.54, 1.807) is 24.0 Å². The minimum absolute atomic E-state index is 0.346. The summed E-state index contributed by atoms with van der Waals surface area (Å²) in [5, 5.41) is 3.99. The van der Waals surface area contributed by atoms with Crippen LogP contribution in [0.25, 0.3) is 21.8 Å². The number of nitrogens with zero attached hydrogens (tertiary/aromatic N) is 1. The van der Waals surface area contributed by atoms with Crippen LogP contribution < -0.4 is 10.2 Å². The Morgan fingerprint density at radius 3 is 2.60 bits per heavy atom. The van der Waals surface area contributed by atoms with Gasteiger partial charge in [0.15, 0.2) is 0 Å². The molecule has 98 valence electrons. The van der Waals surface area contributed by atoms with Gasteiger partial charge in [0.25, 0.3) is 11.8 Å². The maximum Gasteiger partial charge on any atom is 0.259 e. The Morgan fingerprint density at radius 2 is 1.80 bits per heavy atom. The highest BCUT2D eigenvalue weighted by Crippen LogP contribution is 2.34. The van der Waals surface area contributed by atoms with E-state index < -0.39 is 0 Å². The third-order valence-electron chi connectivity index (χ3n) is 3.68. The zero-order valence-corrected chi connectivity index (χ0v) is 10.6. The topological polar surface area (TPSA) is 60.3 Å². The zero-order chi connectivity index (χ0) is 13.9. The Labute approximate surface area is 113 Å². The average molecular weight is 266 g/mol. The van der Waals surface area contributed by atoms with E-state index in [1.807, 2.05) is 24.3 Å². The Bertz CT molecular complexity index is 908. The number of carbonyl (C=O) groups is 2. The van der Waals surface area contributed by atoms with Crippen LogP contribution in [0.5, 0.6) is 0 Å². The molecule has 1 N–H and O–H groups in total. The van der Waals surface area contributed by atoms with Gasteiger partial charge in [-0.15, -0.1) is 0 Å². The molecule has 0 saturated carbocycles. The molecule has 0 radical (unpaired) electrons. The molecule has 2 aromatic carbocycles. The highest BCUT2D eigenvalue weighted by molar-refractivity contribution is 6.30. The lowest BCUT2D eigenvalue weighted by Crippen LogP contribution is -2.19. The number of benzene rings is 2. The number of amides is 2. The molecule has 1 aliphatic rings. The molecule has 1 aliphatic heterocycles. The van der Waals surface area contributed by atoms with E-state index in [2.05, 4.69) is 5.32 Å². The third kappa shape index (κ3) is 1.17. The lowest BCUT2D eigenvalue weighted by atomic mass is 10.0. The van der Waals surface area contributed by atoms with Crippen molar-refractivity contribution < 1.29 is 14.4 Å². The minimum atomic E-state index is -0.352. The first kappa shape index (κ1) is 11.0. The van der Waals surface area contributed by atoms with Crippen molar-refractivity contribution in [2.24, 2.45) is 0 Å². The maximum atomic E-state index is 12.0. The fraction of sp³-hybridized carbons (Fsp3) is 0.0667. The molecule has 0 saturated heterocycles. The molecule has 1 aromatic heterocycles. The summed E-state index contributed by atoms with van der Waals surface area (Å²) in [4.78, 5) is 29.2. The quantitative estimate of drug-likeness (QED) is 0.682. The van der Waals surface area contributed by atoms with Gasteiger partial charge in [-0.2, -0.15) is 4.73 Å². The largest absolute Gasteiger partial charge is 0.416 e. The van der Waals surface area contributed by atoms with Gasteiger partial charge in [0, 0.05) is 10.8 Å². The fourth-order valence-electron chi connectivity index (χ4n) is 2.88. The van der Waals surface area contributed by atoms with Crippen molar-refractivity contribution in [3.05, 3.63) is 47.5 Å². The van der Waals surface area contributed by atoms with E-state index in [4.69, 9.17) is 4.84 Å². The summed E-state index contributed by atoms with van der Waals surface area (Å²) in [7, 11) is 1.57. The van der Waals surface area contributed by atoms with Crippen LogP contribution in [-0.4, -0.2) is 23.7 Å². The first-order valence-electron chi connectivity index (χ1n) is 6.18. The van der Waals surface area contributed by atoms with Crippen LogP contribution in [0.15, 0.2) is 36.4 Å². The van der Waals surface area contributed by atoms with Gasteiger partial charge in [-0.1, -0.05) is 18.2 Å². The van der Waals surface area contributed by atoms with Crippen LogP contribution in [0.2, 0.25) is 0 Å². The van der Waals surface area contributed by atoms with Crippen molar-refractivity contribution in [1.82, 2.24) is 10.0 Å². The van der Waals surface area contributed by atoms with E-state index in [-0.39, 0.29) is 11.8 Å². The monoisotopic (exact) mass is 266 g/mol. The standard InChI is InChI=1S/C15H10N2O3/c1-20-17-10-5-3-2-4-8(10)12-11(17)7-6-9-13(12)15(19)16-14(9)18/h2-7H,1H3,(H,16,18,19). The summed E-state index contributed by atoms with van der Waals surface area (Å²) in [5.41, 5.74) is 2.49. The van der Waals surface area contributed by atoms with Gasteiger partial charge in [0.2, 0.25) is 0 Å². The van der Waals surface area contributed by atoms with Gasteiger partial charge in [0.05, 0.1) is 22.2 Å². The average Bonchev–Trinajstić information content (AvgIpc) is 2.93. The van der Waals surface area contributed by atoms with Crippen molar-refractivity contribution in [3.8, 4) is 0 Å². The predicted octanol–water partition coefficient (Wildman–Crippen LogP) is 1.74. The second kappa shape index (κ2) is 3.60. The number of nitrogens with one attached hydrogen (secondary N) is 1. The fourth-order valence-corrected chi connectivity index (χ4v) is 2.88. The number of imide groups is 1. The second-order valence-electron chi connectivity index (χ2n) is 4.66. The van der Waals surface area contributed by atoms with Gasteiger partial charge in [0.1, 0.15) is 7.11 Å². The maximum absolute atomic E-state index is 12.0. The number of fused-ring (bicyclic) bond motifs is 5. The van der Waals surface area contributed by atoms with Crippen LogP contribution in [-0.2, 0) is 0 Å². The molecule has 3 aromatic rings. The summed E-state index contributed by atoms with van der Waals surface area (Å²) in [6, 6.07) is 11.1. The Balaban J connectivity index is 2.30. The van der Waals surface area contributed by atoms with E-state index in [0.29, 0.717) is 11.1 Å². The molecule has 0 unspecified atom stereocenters. The molecule has 0 fully saturated rings. The summed E-state index contributed by atoms with van der Waals surface area (Å²) < 4.78 is 1.67. The summed E-state index contributed by atoms with van der Waals surface area (Å²) in [6.45, 7) is 0. The normalized spacial score (nSPS) is 13.8. The highest BCUT2D eigenvalue weighted by atomic mass is 16.6. The molecule has 5 heteroatoms. The molecule has 2 amide bonds. The minimum Gasteiger partial charge on any atom is -0.416 e. The molecule has 0 spiro atoms. The number of hydrogen-bond donors (Lipinski definition) is 1. The van der Waals surface area contributed by atoms with Crippen LogP contribution in [0.1, 0.15) is 20.7 Å².